The largest absolute Gasteiger partial charge is 0.395 e. The summed E-state index contributed by atoms with van der Waals surface area (Å²) in [4.78, 5) is 17.7. The lowest BCUT2D eigenvalue weighted by Gasteiger charge is -2.30. The molecule has 0 saturated heterocycles. The fourth-order valence-corrected chi connectivity index (χ4v) is 3.63. The van der Waals surface area contributed by atoms with Crippen molar-refractivity contribution in [1.29, 1.82) is 0 Å². The van der Waals surface area contributed by atoms with E-state index in [1.807, 2.05) is 12.1 Å². The summed E-state index contributed by atoms with van der Waals surface area (Å²) >= 11 is 0. The molecule has 1 amide bonds. The molecule has 0 radical (unpaired) electrons. The highest BCUT2D eigenvalue weighted by molar-refractivity contribution is 6.00. The molecule has 0 aliphatic carbocycles. The van der Waals surface area contributed by atoms with Crippen molar-refractivity contribution in [3.63, 3.8) is 0 Å². The summed E-state index contributed by atoms with van der Waals surface area (Å²) in [6.45, 7) is 3.52. The van der Waals surface area contributed by atoms with Gasteiger partial charge in [0.25, 0.3) is 5.91 Å². The molecule has 1 aliphatic rings. The molecule has 1 atom stereocenters. The molecule has 4 bridgehead atoms. The Morgan fingerprint density at radius 1 is 1.36 bits per heavy atom. The highest BCUT2D eigenvalue weighted by Gasteiger charge is 2.30. The average Bonchev–Trinajstić information content (AvgIpc) is 3.17. The van der Waals surface area contributed by atoms with E-state index in [4.69, 9.17) is 16.3 Å². The lowest BCUT2D eigenvalue weighted by Crippen LogP contribution is -2.52. The molecular formula is C21H29N9O3. The quantitative estimate of drug-likeness (QED) is 0.189. The second-order valence-corrected chi connectivity index (χ2v) is 8.58. The Morgan fingerprint density at radius 2 is 2.12 bits per heavy atom. The Kier molecular flexibility index (Phi) is 5.74. The van der Waals surface area contributed by atoms with E-state index in [1.54, 1.807) is 34.0 Å². The normalized spacial score (nSPS) is 16.8. The van der Waals surface area contributed by atoms with Gasteiger partial charge in [-0.15, -0.1) is 0 Å². The van der Waals surface area contributed by atoms with Crippen LogP contribution in [0.25, 0.3) is 5.65 Å². The van der Waals surface area contributed by atoms with Crippen molar-refractivity contribution < 1.29 is 14.6 Å². The smallest absolute Gasteiger partial charge is 0.257 e. The van der Waals surface area contributed by atoms with Gasteiger partial charge in [-0.05, 0) is 31.5 Å². The third-order valence-corrected chi connectivity index (χ3v) is 5.54. The van der Waals surface area contributed by atoms with Crippen LogP contribution in [-0.4, -0.2) is 58.0 Å². The zero-order valence-electron chi connectivity index (χ0n) is 19.0. The first-order valence-corrected chi connectivity index (χ1v) is 10.4. The predicted molar refractivity (Wildman–Crippen MR) is 126 cm³/mol. The maximum atomic E-state index is 13.1. The Morgan fingerprint density at radius 3 is 2.79 bits per heavy atom. The topological polar surface area (TPSA) is 168 Å². The minimum absolute atomic E-state index is 0.0792. The van der Waals surface area contributed by atoms with Gasteiger partial charge in [-0.2, -0.15) is 9.61 Å². The summed E-state index contributed by atoms with van der Waals surface area (Å²) in [6.07, 6.45) is 1.44. The van der Waals surface area contributed by atoms with Gasteiger partial charge in [0.2, 0.25) is 0 Å². The second-order valence-electron chi connectivity index (χ2n) is 8.58. The molecule has 2 aromatic heterocycles. The summed E-state index contributed by atoms with van der Waals surface area (Å²) in [6, 6.07) is 4.75. The van der Waals surface area contributed by atoms with Crippen LogP contribution in [0.4, 0.5) is 28.7 Å². The molecule has 0 spiro atoms. The fraction of sp³-hybridized carbons (Fsp3) is 0.381. The molecule has 176 valence electrons. The Labute approximate surface area is 190 Å². The number of hydrazine groups is 1. The molecular weight excluding hydrogens is 426 g/mol. The number of fused-ring (bicyclic) bond motifs is 3. The number of nitrogens with zero attached hydrogens (tertiary/aromatic N) is 4. The predicted octanol–water partition coefficient (Wildman–Crippen LogP) is 0.806. The molecule has 3 heterocycles. The van der Waals surface area contributed by atoms with Crippen LogP contribution in [0.5, 0.6) is 0 Å². The Hall–Kier alpha value is -3.61. The first-order chi connectivity index (χ1) is 15.6. The molecule has 1 unspecified atom stereocenters. The number of nitrogens with two attached hydrogens (primary N) is 2. The third-order valence-electron chi connectivity index (χ3n) is 5.54. The first kappa shape index (κ1) is 22.6. The van der Waals surface area contributed by atoms with Gasteiger partial charge in [-0.25, -0.2) is 10.8 Å². The van der Waals surface area contributed by atoms with Crippen molar-refractivity contribution in [3.05, 3.63) is 35.5 Å². The van der Waals surface area contributed by atoms with Gasteiger partial charge < -0.3 is 36.5 Å². The number of nitrogen functional groups attached to an aromatic ring is 1. The number of ether oxygens (including phenoxy) is 1. The van der Waals surface area contributed by atoms with Gasteiger partial charge in [0.1, 0.15) is 17.2 Å². The maximum absolute atomic E-state index is 13.1. The number of amides is 1. The van der Waals surface area contributed by atoms with Crippen LogP contribution in [0, 0.1) is 0 Å². The number of carbonyl (C=O) groups excluding carboxylic acids is 1. The van der Waals surface area contributed by atoms with E-state index in [0.29, 0.717) is 34.3 Å². The molecule has 1 aliphatic heterocycles. The fourth-order valence-electron chi connectivity index (χ4n) is 3.63. The van der Waals surface area contributed by atoms with Crippen LogP contribution in [0.15, 0.2) is 24.4 Å². The van der Waals surface area contributed by atoms with Crippen LogP contribution in [0.3, 0.4) is 0 Å². The third kappa shape index (κ3) is 4.35. The minimum atomic E-state index is -1.24. The summed E-state index contributed by atoms with van der Waals surface area (Å²) < 4.78 is 7.40. The van der Waals surface area contributed by atoms with Crippen molar-refractivity contribution in [1.82, 2.24) is 19.9 Å². The molecule has 8 N–H and O–H groups in total. The summed E-state index contributed by atoms with van der Waals surface area (Å²) in [7, 11) is 3.44. The molecule has 0 fully saturated rings. The van der Waals surface area contributed by atoms with E-state index in [1.165, 1.54) is 15.7 Å². The molecule has 33 heavy (non-hydrogen) atoms. The molecule has 12 heteroatoms. The molecule has 0 saturated carbocycles. The van der Waals surface area contributed by atoms with Gasteiger partial charge in [0.15, 0.2) is 5.65 Å². The van der Waals surface area contributed by atoms with E-state index in [-0.39, 0.29) is 18.8 Å². The molecule has 3 aromatic rings. The average molecular weight is 456 g/mol. The van der Waals surface area contributed by atoms with Gasteiger partial charge in [0.05, 0.1) is 48.1 Å². The van der Waals surface area contributed by atoms with E-state index < -0.39 is 17.6 Å². The monoisotopic (exact) mass is 455 g/mol. The number of carbonyl (C=O) groups is 1. The van der Waals surface area contributed by atoms with Crippen molar-refractivity contribution in [2.24, 2.45) is 5.84 Å². The number of benzene rings is 1. The number of rotatable bonds is 3. The standard InChI is InChI=1S/C21H29N9O3/c1-21(2,32)15-10-33-9-11-5-13(18(22)14(6-11)29(4)23)26-16-7-17(24-3)30-19(28-16)12(8-25-30)20(31)27-15/h5-8,15,24,32H,9-10,22-23H2,1-4H3,(H,26,28)(H,27,31). The molecule has 12 nitrogen and oxygen atoms in total. The number of aliphatic hydroxyl groups is 1. The van der Waals surface area contributed by atoms with Crippen molar-refractivity contribution >= 4 is 40.3 Å². The van der Waals surface area contributed by atoms with Crippen LogP contribution < -0.4 is 32.5 Å². The zero-order chi connectivity index (χ0) is 23.9. The lowest BCUT2D eigenvalue weighted by molar-refractivity contribution is -0.00904. The van der Waals surface area contributed by atoms with E-state index in [2.05, 4.69) is 26.0 Å². The van der Waals surface area contributed by atoms with Gasteiger partial charge in [-0.3, -0.25) is 4.79 Å². The SMILES string of the molecule is CNc1cc2nc3c(cnn13)C(=O)NC(C(C)(C)O)COCc1cc(c(N)c(N(C)N)c1)N2. The van der Waals surface area contributed by atoms with Crippen molar-refractivity contribution in [2.75, 3.05) is 42.1 Å². The highest BCUT2D eigenvalue weighted by Crippen LogP contribution is 2.34. The molecule has 4 rings (SSSR count). The summed E-state index contributed by atoms with van der Waals surface area (Å²) in [5.74, 6) is 6.64. The van der Waals surface area contributed by atoms with Crippen molar-refractivity contribution in [2.45, 2.75) is 32.1 Å². The Bertz CT molecular complexity index is 1200. The lowest BCUT2D eigenvalue weighted by atomic mass is 9.99. The van der Waals surface area contributed by atoms with Crippen LogP contribution >= 0.6 is 0 Å². The summed E-state index contributed by atoms with van der Waals surface area (Å²) in [5.41, 5.74) is 8.17. The highest BCUT2D eigenvalue weighted by atomic mass is 16.5. The Balaban J connectivity index is 1.91. The number of nitrogens with one attached hydrogen (secondary N) is 3. The van der Waals surface area contributed by atoms with Crippen LogP contribution in [-0.2, 0) is 11.3 Å². The minimum Gasteiger partial charge on any atom is -0.395 e. The van der Waals surface area contributed by atoms with E-state index in [0.717, 1.165) is 5.56 Å². The number of hydrogen-bond acceptors (Lipinski definition) is 10. The van der Waals surface area contributed by atoms with E-state index in [9.17, 15) is 9.90 Å². The zero-order valence-corrected chi connectivity index (χ0v) is 19.0. The van der Waals surface area contributed by atoms with Crippen molar-refractivity contribution in [3.8, 4) is 0 Å². The van der Waals surface area contributed by atoms with Gasteiger partial charge in [-0.1, -0.05) is 0 Å². The second kappa shape index (κ2) is 8.39. The maximum Gasteiger partial charge on any atom is 0.257 e. The van der Waals surface area contributed by atoms with E-state index >= 15 is 0 Å². The molecule has 1 aromatic carbocycles. The van der Waals surface area contributed by atoms with Crippen LogP contribution in [0.1, 0.15) is 29.8 Å². The summed E-state index contributed by atoms with van der Waals surface area (Å²) in [5, 5.41) is 25.5. The number of hydrogen-bond donors (Lipinski definition) is 6. The van der Waals surface area contributed by atoms with Gasteiger partial charge in [0, 0.05) is 20.2 Å². The number of aromatic nitrogens is 3. The first-order valence-electron chi connectivity index (χ1n) is 10.4. The van der Waals surface area contributed by atoms with Gasteiger partial charge >= 0.3 is 0 Å². The number of anilines is 5. The van der Waals surface area contributed by atoms with Crippen LogP contribution in [0.2, 0.25) is 0 Å².